The molecule has 1 fully saturated rings. The van der Waals surface area contributed by atoms with E-state index in [0.29, 0.717) is 28.4 Å². The van der Waals surface area contributed by atoms with Crippen molar-refractivity contribution in [3.05, 3.63) is 64.9 Å². The monoisotopic (exact) mass is 477 g/mol. The zero-order valence-corrected chi connectivity index (χ0v) is 19.5. The van der Waals surface area contributed by atoms with Gasteiger partial charge in [-0.25, -0.2) is 9.97 Å². The average Bonchev–Trinajstić information content (AvgIpc) is 3.40. The molecule has 0 aliphatic carbocycles. The predicted molar refractivity (Wildman–Crippen MR) is 133 cm³/mol. The third-order valence-corrected chi connectivity index (χ3v) is 6.41. The maximum Gasteiger partial charge on any atom is 0.224 e. The van der Waals surface area contributed by atoms with Crippen LogP contribution in [0.25, 0.3) is 22.0 Å². The van der Waals surface area contributed by atoms with Gasteiger partial charge in [-0.3, -0.25) is 4.79 Å². The van der Waals surface area contributed by atoms with Crippen molar-refractivity contribution in [2.45, 2.75) is 12.5 Å². The Morgan fingerprint density at radius 2 is 1.88 bits per heavy atom. The number of aromatic amines is 1. The molecule has 34 heavy (non-hydrogen) atoms. The predicted octanol–water partition coefficient (Wildman–Crippen LogP) is 3.85. The minimum absolute atomic E-state index is 0.150. The van der Waals surface area contributed by atoms with E-state index in [4.69, 9.17) is 11.6 Å². The molecular formula is C25H24ClN5O3. The quantitative estimate of drug-likeness (QED) is 0.375. The zero-order chi connectivity index (χ0) is 24.0. The molecule has 0 amide bonds. The molecular weight excluding hydrogens is 454 g/mol. The molecule has 2 aromatic carbocycles. The molecule has 174 valence electrons. The number of rotatable bonds is 5. The molecule has 0 radical (unpaired) electrons. The van der Waals surface area contributed by atoms with Crippen LogP contribution in [0.3, 0.4) is 0 Å². The summed E-state index contributed by atoms with van der Waals surface area (Å²) in [5.74, 6) is -0.126. The number of halogens is 1. The number of fused-ring (bicyclic) bond motifs is 1. The summed E-state index contributed by atoms with van der Waals surface area (Å²) in [6.07, 6.45) is 3.38. The molecule has 2 aromatic heterocycles. The van der Waals surface area contributed by atoms with Crippen LogP contribution in [0.1, 0.15) is 22.3 Å². The second kappa shape index (κ2) is 8.62. The Morgan fingerprint density at radius 1 is 1.18 bits per heavy atom. The van der Waals surface area contributed by atoms with Crippen LogP contribution in [-0.2, 0) is 0 Å². The molecule has 0 saturated carbocycles. The topological polar surface area (TPSA) is 106 Å². The molecule has 0 spiro atoms. The fourth-order valence-corrected chi connectivity index (χ4v) is 4.57. The highest BCUT2D eigenvalue weighted by Crippen LogP contribution is 2.37. The summed E-state index contributed by atoms with van der Waals surface area (Å²) in [4.78, 5) is 28.4. The first-order valence-electron chi connectivity index (χ1n) is 10.9. The minimum atomic E-state index is -0.384. The number of carbonyl (C=O) groups excluding carboxylic acids is 1. The SMILES string of the molecule is CN(C)c1ncc(C(=O)c2c(O)[nH]c3cc(Cl)c(-c4ccc(N5CC[C@H](O)C5)cc4)cc23)cn1. The van der Waals surface area contributed by atoms with E-state index in [9.17, 15) is 15.0 Å². The van der Waals surface area contributed by atoms with Crippen molar-refractivity contribution in [3.8, 4) is 17.0 Å². The van der Waals surface area contributed by atoms with Gasteiger partial charge in [0.05, 0.1) is 27.8 Å². The van der Waals surface area contributed by atoms with E-state index in [2.05, 4.69) is 19.9 Å². The molecule has 0 bridgehead atoms. The Labute approximate surface area is 201 Å². The van der Waals surface area contributed by atoms with Gasteiger partial charge in [0.1, 0.15) is 0 Å². The first kappa shape index (κ1) is 22.2. The van der Waals surface area contributed by atoms with Crippen molar-refractivity contribution < 1.29 is 15.0 Å². The lowest BCUT2D eigenvalue weighted by Crippen LogP contribution is -2.20. The number of hydrogen-bond donors (Lipinski definition) is 3. The van der Waals surface area contributed by atoms with E-state index >= 15 is 0 Å². The van der Waals surface area contributed by atoms with Crippen LogP contribution in [-0.4, -0.2) is 64.2 Å². The van der Waals surface area contributed by atoms with Crippen molar-refractivity contribution in [1.29, 1.82) is 0 Å². The van der Waals surface area contributed by atoms with Gasteiger partial charge >= 0.3 is 0 Å². The van der Waals surface area contributed by atoms with E-state index in [1.165, 1.54) is 12.4 Å². The third-order valence-electron chi connectivity index (χ3n) is 6.10. The highest BCUT2D eigenvalue weighted by molar-refractivity contribution is 6.34. The van der Waals surface area contributed by atoms with Crippen LogP contribution in [0.2, 0.25) is 5.02 Å². The number of aromatic nitrogens is 3. The molecule has 9 heteroatoms. The first-order valence-corrected chi connectivity index (χ1v) is 11.3. The van der Waals surface area contributed by atoms with Crippen molar-refractivity contribution in [3.63, 3.8) is 0 Å². The zero-order valence-electron chi connectivity index (χ0n) is 18.8. The summed E-state index contributed by atoms with van der Waals surface area (Å²) >= 11 is 6.57. The lowest BCUT2D eigenvalue weighted by Gasteiger charge is -2.18. The van der Waals surface area contributed by atoms with Gasteiger partial charge in [-0.1, -0.05) is 23.7 Å². The summed E-state index contributed by atoms with van der Waals surface area (Å²) in [6.45, 7) is 1.44. The van der Waals surface area contributed by atoms with Gasteiger partial charge in [-0.05, 0) is 36.2 Å². The van der Waals surface area contributed by atoms with Crippen LogP contribution in [0.5, 0.6) is 5.88 Å². The number of nitrogens with zero attached hydrogens (tertiary/aromatic N) is 4. The van der Waals surface area contributed by atoms with Crippen molar-refractivity contribution in [2.24, 2.45) is 0 Å². The normalized spacial score (nSPS) is 15.8. The van der Waals surface area contributed by atoms with Gasteiger partial charge in [0.15, 0.2) is 0 Å². The number of nitrogens with one attached hydrogen (secondary N) is 1. The van der Waals surface area contributed by atoms with Crippen LogP contribution >= 0.6 is 11.6 Å². The number of hydrogen-bond acceptors (Lipinski definition) is 7. The number of aliphatic hydroxyl groups excluding tert-OH is 1. The number of H-pyrrole nitrogens is 1. The molecule has 1 atom stereocenters. The molecule has 8 nitrogen and oxygen atoms in total. The number of anilines is 2. The summed E-state index contributed by atoms with van der Waals surface area (Å²) in [5, 5.41) is 21.4. The number of β-amino-alcohol motifs (C(OH)–C–C–N with tert-alkyl or cyclic N) is 1. The summed E-state index contributed by atoms with van der Waals surface area (Å²) < 4.78 is 0. The summed E-state index contributed by atoms with van der Waals surface area (Å²) in [6, 6.07) is 11.4. The number of aromatic hydroxyl groups is 1. The summed E-state index contributed by atoms with van der Waals surface area (Å²) in [7, 11) is 3.63. The second-order valence-electron chi connectivity index (χ2n) is 8.66. The van der Waals surface area contributed by atoms with E-state index in [1.54, 1.807) is 11.0 Å². The largest absolute Gasteiger partial charge is 0.494 e. The molecule has 0 unspecified atom stereocenters. The average molecular weight is 478 g/mol. The maximum atomic E-state index is 13.2. The van der Waals surface area contributed by atoms with Gasteiger partial charge < -0.3 is 25.0 Å². The molecule has 3 heterocycles. The fraction of sp³-hybridized carbons (Fsp3) is 0.240. The maximum absolute atomic E-state index is 13.2. The van der Waals surface area contributed by atoms with Crippen molar-refractivity contribution >= 4 is 39.9 Å². The van der Waals surface area contributed by atoms with Crippen LogP contribution in [0, 0.1) is 0 Å². The number of carbonyl (C=O) groups is 1. The fourth-order valence-electron chi connectivity index (χ4n) is 4.29. The minimum Gasteiger partial charge on any atom is -0.494 e. The third kappa shape index (κ3) is 3.95. The van der Waals surface area contributed by atoms with Gasteiger partial charge in [0.2, 0.25) is 17.6 Å². The number of aliphatic hydroxyl groups is 1. The van der Waals surface area contributed by atoms with Crippen LogP contribution < -0.4 is 9.80 Å². The highest BCUT2D eigenvalue weighted by atomic mass is 35.5. The smallest absolute Gasteiger partial charge is 0.224 e. The first-order chi connectivity index (χ1) is 16.3. The lowest BCUT2D eigenvalue weighted by molar-refractivity contribution is 0.103. The van der Waals surface area contributed by atoms with Gasteiger partial charge in [0, 0.05) is 56.2 Å². The Bertz CT molecular complexity index is 1370. The molecule has 5 rings (SSSR count). The Kier molecular flexibility index (Phi) is 5.63. The summed E-state index contributed by atoms with van der Waals surface area (Å²) in [5.41, 5.74) is 3.65. The van der Waals surface area contributed by atoms with E-state index in [1.807, 2.05) is 44.4 Å². The second-order valence-corrected chi connectivity index (χ2v) is 9.06. The molecule has 1 aliphatic heterocycles. The van der Waals surface area contributed by atoms with E-state index in [0.717, 1.165) is 29.8 Å². The standard InChI is InChI=1S/C25H24ClN5O3/c1-30(2)25-27-11-15(12-28-25)23(33)22-19-9-18(20(26)10-21(19)29-24(22)34)14-3-5-16(6-4-14)31-8-7-17(32)13-31/h3-6,9-12,17,29,32,34H,7-8,13H2,1-2H3/t17-/m0/s1. The van der Waals surface area contributed by atoms with E-state index < -0.39 is 0 Å². The Morgan fingerprint density at radius 3 is 2.50 bits per heavy atom. The number of ketones is 1. The van der Waals surface area contributed by atoms with Crippen molar-refractivity contribution in [2.75, 3.05) is 37.0 Å². The van der Waals surface area contributed by atoms with Gasteiger partial charge in [-0.15, -0.1) is 0 Å². The molecule has 1 aliphatic rings. The van der Waals surface area contributed by atoms with Crippen LogP contribution in [0.4, 0.5) is 11.6 Å². The molecule has 3 N–H and O–H groups in total. The van der Waals surface area contributed by atoms with Gasteiger partial charge in [-0.2, -0.15) is 0 Å². The van der Waals surface area contributed by atoms with Crippen LogP contribution in [0.15, 0.2) is 48.8 Å². The number of benzene rings is 2. The van der Waals surface area contributed by atoms with Crippen molar-refractivity contribution in [1.82, 2.24) is 15.0 Å². The highest BCUT2D eigenvalue weighted by Gasteiger charge is 2.23. The van der Waals surface area contributed by atoms with Gasteiger partial charge in [0.25, 0.3) is 0 Å². The van der Waals surface area contributed by atoms with E-state index in [-0.39, 0.29) is 28.9 Å². The molecule has 4 aromatic rings. The molecule has 1 saturated heterocycles. The Hall–Kier alpha value is -3.62. The lowest BCUT2D eigenvalue weighted by atomic mass is 9.99. The Balaban J connectivity index is 1.52.